The molecule has 0 bridgehead atoms. The zero-order valence-corrected chi connectivity index (χ0v) is 18.0. The fraction of sp³-hybridized carbons (Fsp3) is 0.409. The number of aliphatic imine (C=N–C) groups is 1. The lowest BCUT2D eigenvalue weighted by molar-refractivity contribution is 0.684. The third-order valence-electron chi connectivity index (χ3n) is 5.05. The first kappa shape index (κ1) is 20.3. The molecule has 148 valence electrons. The second-order valence-corrected chi connectivity index (χ2v) is 7.63. The van der Waals surface area contributed by atoms with Gasteiger partial charge in [-0.15, -0.1) is 0 Å². The monoisotopic (exact) mass is 397 g/mol. The Bertz CT molecular complexity index is 890. The molecule has 1 aromatic carbocycles. The molecule has 3 rings (SSSR count). The minimum atomic E-state index is 0.0203. The summed E-state index contributed by atoms with van der Waals surface area (Å²) in [4.78, 5) is 18.2. The SMILES string of the molecule is C=C(C)N1C(=NC(C)CC)C(CC)N(c2ccc(C)cc2)c2nc(Cl)ncc21. The van der Waals surface area contributed by atoms with Crippen LogP contribution in [0.2, 0.25) is 5.28 Å². The van der Waals surface area contributed by atoms with E-state index in [1.54, 1.807) is 6.20 Å². The highest BCUT2D eigenvalue weighted by Crippen LogP contribution is 2.42. The molecular weight excluding hydrogens is 370 g/mol. The van der Waals surface area contributed by atoms with Gasteiger partial charge in [-0.05, 0) is 57.3 Å². The zero-order valence-electron chi connectivity index (χ0n) is 17.3. The maximum Gasteiger partial charge on any atom is 0.224 e. The van der Waals surface area contributed by atoms with E-state index in [0.29, 0.717) is 0 Å². The third-order valence-corrected chi connectivity index (χ3v) is 5.23. The van der Waals surface area contributed by atoms with Gasteiger partial charge in [0.1, 0.15) is 11.5 Å². The largest absolute Gasteiger partial charge is 0.314 e. The van der Waals surface area contributed by atoms with E-state index in [9.17, 15) is 0 Å². The van der Waals surface area contributed by atoms with Gasteiger partial charge >= 0.3 is 0 Å². The Morgan fingerprint density at radius 1 is 1.29 bits per heavy atom. The topological polar surface area (TPSA) is 44.6 Å². The van der Waals surface area contributed by atoms with Crippen molar-refractivity contribution in [1.29, 1.82) is 0 Å². The van der Waals surface area contributed by atoms with E-state index >= 15 is 0 Å². The van der Waals surface area contributed by atoms with Crippen molar-refractivity contribution in [3.63, 3.8) is 0 Å². The number of fused-ring (bicyclic) bond motifs is 1. The van der Waals surface area contributed by atoms with Gasteiger partial charge in [0.05, 0.1) is 12.2 Å². The number of aromatic nitrogens is 2. The Morgan fingerprint density at radius 2 is 1.96 bits per heavy atom. The molecule has 1 aliphatic heterocycles. The van der Waals surface area contributed by atoms with Crippen LogP contribution in [0.15, 0.2) is 47.7 Å². The van der Waals surface area contributed by atoms with Gasteiger partial charge in [0.15, 0.2) is 5.82 Å². The minimum absolute atomic E-state index is 0.0203. The first-order valence-electron chi connectivity index (χ1n) is 9.79. The molecule has 0 N–H and O–H groups in total. The Balaban J connectivity index is 2.29. The lowest BCUT2D eigenvalue weighted by atomic mass is 10.0. The highest BCUT2D eigenvalue weighted by Gasteiger charge is 2.38. The summed E-state index contributed by atoms with van der Waals surface area (Å²) < 4.78 is 0. The summed E-state index contributed by atoms with van der Waals surface area (Å²) in [6.45, 7) is 14.7. The molecule has 2 unspecified atom stereocenters. The molecule has 5 nitrogen and oxygen atoms in total. The number of allylic oxidation sites excluding steroid dienone is 1. The number of rotatable bonds is 5. The van der Waals surface area contributed by atoms with Gasteiger partial charge < -0.3 is 4.90 Å². The Morgan fingerprint density at radius 3 is 2.54 bits per heavy atom. The molecule has 28 heavy (non-hydrogen) atoms. The standard InChI is InChI=1S/C22H28ClN5/c1-7-16(6)25-20-18(8-2)28(17-11-9-15(5)10-12-17)21-19(27(20)14(3)4)13-24-22(23)26-21/h9-13,16,18H,3,7-8H2,1-2,4-6H3. The third kappa shape index (κ3) is 3.76. The fourth-order valence-corrected chi connectivity index (χ4v) is 3.58. The van der Waals surface area contributed by atoms with Crippen molar-refractivity contribution >= 4 is 34.6 Å². The smallest absolute Gasteiger partial charge is 0.224 e. The fourth-order valence-electron chi connectivity index (χ4n) is 3.45. The number of nitrogens with zero attached hydrogens (tertiary/aromatic N) is 5. The van der Waals surface area contributed by atoms with Crippen molar-refractivity contribution in [2.75, 3.05) is 9.80 Å². The van der Waals surface area contributed by atoms with E-state index in [1.807, 2.05) is 6.92 Å². The van der Waals surface area contributed by atoms with Gasteiger partial charge in [-0.3, -0.25) is 9.89 Å². The van der Waals surface area contributed by atoms with E-state index in [4.69, 9.17) is 16.6 Å². The van der Waals surface area contributed by atoms with Crippen LogP contribution in [0, 0.1) is 6.92 Å². The average molecular weight is 398 g/mol. The van der Waals surface area contributed by atoms with E-state index in [1.165, 1.54) is 5.56 Å². The molecule has 0 saturated heterocycles. The number of hydrogen-bond donors (Lipinski definition) is 0. The molecule has 1 aromatic heterocycles. The minimum Gasteiger partial charge on any atom is -0.314 e. The average Bonchev–Trinajstić information content (AvgIpc) is 2.67. The van der Waals surface area contributed by atoms with Crippen molar-refractivity contribution in [2.45, 2.75) is 59.5 Å². The van der Waals surface area contributed by atoms with Crippen molar-refractivity contribution in [2.24, 2.45) is 4.99 Å². The number of anilines is 3. The Hall–Kier alpha value is -2.40. The molecule has 0 saturated carbocycles. The number of aryl methyl sites for hydroxylation is 1. The highest BCUT2D eigenvalue weighted by molar-refractivity contribution is 6.28. The maximum absolute atomic E-state index is 6.20. The number of amidine groups is 1. The maximum atomic E-state index is 6.20. The van der Waals surface area contributed by atoms with Crippen molar-refractivity contribution in [3.8, 4) is 0 Å². The summed E-state index contributed by atoms with van der Waals surface area (Å²) in [5.41, 5.74) is 4.01. The summed E-state index contributed by atoms with van der Waals surface area (Å²) in [6, 6.07) is 8.69. The molecule has 0 aliphatic carbocycles. The van der Waals surface area contributed by atoms with Crippen molar-refractivity contribution < 1.29 is 0 Å². The number of hydrogen-bond acceptors (Lipinski definition) is 4. The van der Waals surface area contributed by atoms with E-state index in [0.717, 1.165) is 41.6 Å². The molecular formula is C22H28ClN5. The summed E-state index contributed by atoms with van der Waals surface area (Å²) in [5, 5.41) is 0.231. The van der Waals surface area contributed by atoms with Gasteiger partial charge in [0.25, 0.3) is 0 Å². The molecule has 2 heterocycles. The lowest BCUT2D eigenvalue weighted by Crippen LogP contribution is -2.51. The van der Waals surface area contributed by atoms with Crippen LogP contribution in [0.1, 0.15) is 46.1 Å². The molecule has 0 radical (unpaired) electrons. The zero-order chi connectivity index (χ0) is 20.4. The van der Waals surface area contributed by atoms with Gasteiger partial charge in [0, 0.05) is 17.4 Å². The second-order valence-electron chi connectivity index (χ2n) is 7.29. The van der Waals surface area contributed by atoms with Crippen LogP contribution < -0.4 is 9.80 Å². The van der Waals surface area contributed by atoms with Crippen LogP contribution in [0.3, 0.4) is 0 Å². The first-order valence-corrected chi connectivity index (χ1v) is 10.2. The molecule has 2 atom stereocenters. The lowest BCUT2D eigenvalue weighted by Gasteiger charge is -2.44. The summed E-state index contributed by atoms with van der Waals surface area (Å²) in [7, 11) is 0. The molecule has 0 amide bonds. The van der Waals surface area contributed by atoms with E-state index in [2.05, 4.69) is 78.3 Å². The van der Waals surface area contributed by atoms with E-state index < -0.39 is 0 Å². The van der Waals surface area contributed by atoms with Gasteiger partial charge in [-0.1, -0.05) is 38.1 Å². The predicted octanol–water partition coefficient (Wildman–Crippen LogP) is 5.91. The van der Waals surface area contributed by atoms with Gasteiger partial charge in [0.2, 0.25) is 5.28 Å². The second kappa shape index (κ2) is 8.31. The Kier molecular flexibility index (Phi) is 6.04. The molecule has 0 spiro atoms. The van der Waals surface area contributed by atoms with Crippen LogP contribution in [0.25, 0.3) is 0 Å². The van der Waals surface area contributed by atoms with Gasteiger partial charge in [-0.25, -0.2) is 4.98 Å². The highest BCUT2D eigenvalue weighted by atomic mass is 35.5. The molecule has 2 aromatic rings. The molecule has 0 fully saturated rings. The number of benzene rings is 1. The molecule has 1 aliphatic rings. The summed E-state index contributed by atoms with van der Waals surface area (Å²) in [6.07, 6.45) is 3.60. The predicted molar refractivity (Wildman–Crippen MR) is 119 cm³/mol. The first-order chi connectivity index (χ1) is 13.4. The molecule has 6 heteroatoms. The van der Waals surface area contributed by atoms with Crippen LogP contribution in [0.4, 0.5) is 17.2 Å². The summed E-state index contributed by atoms with van der Waals surface area (Å²) >= 11 is 6.20. The number of halogens is 1. The van der Waals surface area contributed by atoms with Gasteiger partial charge in [-0.2, -0.15) is 4.98 Å². The van der Waals surface area contributed by atoms with Crippen LogP contribution in [-0.4, -0.2) is 27.9 Å². The van der Waals surface area contributed by atoms with Crippen molar-refractivity contribution in [3.05, 3.63) is 53.6 Å². The van der Waals surface area contributed by atoms with Crippen LogP contribution in [0.5, 0.6) is 0 Å². The van der Waals surface area contributed by atoms with Crippen LogP contribution in [-0.2, 0) is 0 Å². The normalized spacial score (nSPS) is 18.9. The quantitative estimate of drug-likeness (QED) is 0.588. The Labute approximate surface area is 172 Å². The van der Waals surface area contributed by atoms with Crippen LogP contribution >= 0.6 is 11.6 Å². The van der Waals surface area contributed by atoms with E-state index in [-0.39, 0.29) is 17.4 Å². The van der Waals surface area contributed by atoms with Crippen molar-refractivity contribution in [1.82, 2.24) is 9.97 Å². The summed E-state index contributed by atoms with van der Waals surface area (Å²) in [5.74, 6) is 1.75.